The van der Waals surface area contributed by atoms with Crippen LogP contribution in [-0.4, -0.2) is 49.7 Å². The van der Waals surface area contributed by atoms with Gasteiger partial charge in [0.2, 0.25) is 0 Å². The summed E-state index contributed by atoms with van der Waals surface area (Å²) in [5.41, 5.74) is 4.48. The second-order valence-electron chi connectivity index (χ2n) is 10.3. The number of nitrogens with one attached hydrogen (secondary N) is 2. The average Bonchev–Trinajstić information content (AvgIpc) is 3.57. The summed E-state index contributed by atoms with van der Waals surface area (Å²) in [5, 5.41) is 13.6. The molecule has 2 aromatic carbocycles. The highest BCUT2D eigenvalue weighted by Gasteiger charge is 2.26. The van der Waals surface area contributed by atoms with E-state index in [2.05, 4.69) is 19.9 Å². The summed E-state index contributed by atoms with van der Waals surface area (Å²) in [5.74, 6) is -0.0253. The highest BCUT2D eigenvalue weighted by atomic mass is 16.5. The molecule has 0 radical (unpaired) electrons. The predicted molar refractivity (Wildman–Crippen MR) is 152 cm³/mol. The Kier molecular flexibility index (Phi) is 6.94. The number of aromatic amines is 1. The standard InChI is InChI=1S/C31H31N5O4/c1-40-31(39)27(16-20-18-33-24-12-11-22(37)17-23(20)24)35-30(38)19-10-13-28-26(15-19)34-29(25-9-5-6-14-32-25)36(28)21-7-3-2-4-8-21/h5-6,9-15,17-18,21,27,33,37H,2-4,7-8,16H2,1H3,(H,35,38)/t27-/m0/s1. The molecule has 0 unspecified atom stereocenters. The Balaban J connectivity index is 1.31. The van der Waals surface area contributed by atoms with Gasteiger partial charge in [-0.05, 0) is 66.9 Å². The minimum Gasteiger partial charge on any atom is -0.508 e. The third-order valence-corrected chi connectivity index (χ3v) is 7.75. The lowest BCUT2D eigenvalue weighted by Crippen LogP contribution is -2.43. The number of carbonyl (C=O) groups excluding carboxylic acids is 2. The van der Waals surface area contributed by atoms with Crippen LogP contribution in [0.2, 0.25) is 0 Å². The zero-order chi connectivity index (χ0) is 27.6. The Bertz CT molecular complexity index is 1680. The van der Waals surface area contributed by atoms with Gasteiger partial charge in [-0.25, -0.2) is 9.78 Å². The highest BCUT2D eigenvalue weighted by molar-refractivity contribution is 6.00. The first-order valence-corrected chi connectivity index (χ1v) is 13.6. The number of fused-ring (bicyclic) bond motifs is 2. The SMILES string of the molecule is COC(=O)[C@H](Cc1c[nH]c2ccc(O)cc12)NC(=O)c1ccc2c(c1)nc(-c1ccccn1)n2C1CCCCC1. The number of phenols is 1. The quantitative estimate of drug-likeness (QED) is 0.242. The molecule has 3 aromatic heterocycles. The van der Waals surface area contributed by atoms with Crippen LogP contribution in [0.5, 0.6) is 5.75 Å². The molecule has 1 aliphatic carbocycles. The normalized spacial score (nSPS) is 14.8. The predicted octanol–water partition coefficient (Wildman–Crippen LogP) is 5.30. The minimum atomic E-state index is -0.918. The molecule has 6 rings (SSSR count). The van der Waals surface area contributed by atoms with Crippen LogP contribution in [0.1, 0.15) is 54.1 Å². The number of H-pyrrole nitrogens is 1. The number of aromatic hydroxyl groups is 1. The summed E-state index contributed by atoms with van der Waals surface area (Å²) in [4.78, 5) is 38.7. The van der Waals surface area contributed by atoms with Gasteiger partial charge in [-0.15, -0.1) is 0 Å². The summed E-state index contributed by atoms with van der Waals surface area (Å²) in [6.07, 6.45) is 9.50. The Morgan fingerprint density at radius 1 is 1.12 bits per heavy atom. The molecule has 0 bridgehead atoms. The van der Waals surface area contributed by atoms with Crippen molar-refractivity contribution in [1.82, 2.24) is 24.8 Å². The molecule has 0 saturated heterocycles. The number of imidazole rings is 1. The van der Waals surface area contributed by atoms with Crippen LogP contribution < -0.4 is 5.32 Å². The summed E-state index contributed by atoms with van der Waals surface area (Å²) >= 11 is 0. The molecular weight excluding hydrogens is 506 g/mol. The van der Waals surface area contributed by atoms with Crippen molar-refractivity contribution in [3.63, 3.8) is 0 Å². The van der Waals surface area contributed by atoms with E-state index in [0.29, 0.717) is 17.1 Å². The number of hydrogen-bond acceptors (Lipinski definition) is 6. The molecule has 1 aliphatic rings. The van der Waals surface area contributed by atoms with Gasteiger partial charge in [0.15, 0.2) is 5.82 Å². The number of ether oxygens (including phenoxy) is 1. The lowest BCUT2D eigenvalue weighted by atomic mass is 9.95. The molecule has 5 aromatic rings. The molecule has 9 heteroatoms. The maximum absolute atomic E-state index is 13.4. The largest absolute Gasteiger partial charge is 0.508 e. The van der Waals surface area contributed by atoms with Gasteiger partial charge in [-0.2, -0.15) is 0 Å². The maximum atomic E-state index is 13.4. The summed E-state index contributed by atoms with van der Waals surface area (Å²) < 4.78 is 7.28. The van der Waals surface area contributed by atoms with Crippen molar-refractivity contribution in [3.05, 3.63) is 78.1 Å². The van der Waals surface area contributed by atoms with Crippen LogP contribution in [0.3, 0.4) is 0 Å². The van der Waals surface area contributed by atoms with Crippen LogP contribution in [-0.2, 0) is 16.0 Å². The average molecular weight is 538 g/mol. The maximum Gasteiger partial charge on any atom is 0.328 e. The fourth-order valence-corrected chi connectivity index (χ4v) is 5.76. The fourth-order valence-electron chi connectivity index (χ4n) is 5.76. The van der Waals surface area contributed by atoms with Crippen molar-refractivity contribution >= 4 is 33.8 Å². The lowest BCUT2D eigenvalue weighted by Gasteiger charge is -2.25. The minimum absolute atomic E-state index is 0.123. The van der Waals surface area contributed by atoms with E-state index in [1.165, 1.54) is 26.4 Å². The van der Waals surface area contributed by atoms with Gasteiger partial charge in [0.05, 0.1) is 18.1 Å². The Morgan fingerprint density at radius 2 is 1.98 bits per heavy atom. The van der Waals surface area contributed by atoms with Gasteiger partial charge in [0.1, 0.15) is 17.5 Å². The first-order chi connectivity index (χ1) is 19.5. The van der Waals surface area contributed by atoms with E-state index in [4.69, 9.17) is 9.72 Å². The van der Waals surface area contributed by atoms with Crippen molar-refractivity contribution < 1.29 is 19.4 Å². The number of aromatic nitrogens is 4. The zero-order valence-electron chi connectivity index (χ0n) is 22.3. The Labute approximate surface area is 231 Å². The number of esters is 1. The lowest BCUT2D eigenvalue weighted by molar-refractivity contribution is -0.142. The number of benzene rings is 2. The number of hydrogen-bond donors (Lipinski definition) is 3. The number of methoxy groups -OCH3 is 1. The molecule has 1 saturated carbocycles. The third kappa shape index (κ3) is 4.90. The Morgan fingerprint density at radius 3 is 2.75 bits per heavy atom. The third-order valence-electron chi connectivity index (χ3n) is 7.75. The van der Waals surface area contributed by atoms with Crippen molar-refractivity contribution in [1.29, 1.82) is 0 Å². The first kappa shape index (κ1) is 25.6. The van der Waals surface area contributed by atoms with Crippen molar-refractivity contribution in [2.45, 2.75) is 50.6 Å². The van der Waals surface area contributed by atoms with E-state index in [0.717, 1.165) is 46.3 Å². The molecule has 3 heterocycles. The van der Waals surface area contributed by atoms with Gasteiger partial charge >= 0.3 is 5.97 Å². The van der Waals surface area contributed by atoms with Gasteiger partial charge in [-0.3, -0.25) is 9.78 Å². The molecule has 1 amide bonds. The van der Waals surface area contributed by atoms with E-state index in [-0.39, 0.29) is 12.2 Å². The molecule has 1 fully saturated rings. The van der Waals surface area contributed by atoms with Crippen molar-refractivity contribution in [2.75, 3.05) is 7.11 Å². The number of pyridine rings is 1. The van der Waals surface area contributed by atoms with Crippen LogP contribution >= 0.6 is 0 Å². The molecule has 1 atom stereocenters. The van der Waals surface area contributed by atoms with Crippen LogP contribution in [0.15, 0.2) is 67.0 Å². The van der Waals surface area contributed by atoms with Crippen molar-refractivity contribution in [3.8, 4) is 17.3 Å². The fraction of sp³-hybridized carbons (Fsp3) is 0.290. The van der Waals surface area contributed by atoms with Gasteiger partial charge in [0, 0.05) is 41.3 Å². The first-order valence-electron chi connectivity index (χ1n) is 13.6. The number of rotatable bonds is 7. The smallest absolute Gasteiger partial charge is 0.328 e. The zero-order valence-corrected chi connectivity index (χ0v) is 22.3. The number of phenolic OH excluding ortho intramolecular Hbond substituents is 1. The van der Waals surface area contributed by atoms with Crippen molar-refractivity contribution in [2.24, 2.45) is 0 Å². The molecule has 204 valence electrons. The second kappa shape index (κ2) is 10.8. The van der Waals surface area contributed by atoms with E-state index < -0.39 is 17.9 Å². The topological polar surface area (TPSA) is 122 Å². The monoisotopic (exact) mass is 537 g/mol. The van der Waals surface area contributed by atoms with Gasteiger partial charge in [0.25, 0.3) is 5.91 Å². The van der Waals surface area contributed by atoms with Gasteiger partial charge in [-0.1, -0.05) is 25.3 Å². The molecular formula is C31H31N5O4. The summed E-state index contributed by atoms with van der Waals surface area (Å²) in [6, 6.07) is 15.7. The van der Waals surface area contributed by atoms with Gasteiger partial charge < -0.3 is 24.7 Å². The second-order valence-corrected chi connectivity index (χ2v) is 10.3. The molecule has 40 heavy (non-hydrogen) atoms. The molecule has 0 spiro atoms. The van der Waals surface area contributed by atoms with Crippen LogP contribution in [0.4, 0.5) is 0 Å². The van der Waals surface area contributed by atoms with E-state index >= 15 is 0 Å². The van der Waals surface area contributed by atoms with E-state index in [1.54, 1.807) is 42.7 Å². The Hall–Kier alpha value is -4.66. The molecule has 3 N–H and O–H groups in total. The van der Waals surface area contributed by atoms with Crippen LogP contribution in [0.25, 0.3) is 33.5 Å². The van der Waals surface area contributed by atoms with E-state index in [9.17, 15) is 14.7 Å². The summed E-state index contributed by atoms with van der Waals surface area (Å²) in [6.45, 7) is 0. The molecule has 9 nitrogen and oxygen atoms in total. The number of carbonyl (C=O) groups is 2. The van der Waals surface area contributed by atoms with E-state index in [1.807, 2.05) is 24.3 Å². The number of amides is 1. The number of nitrogens with zero attached hydrogens (tertiary/aromatic N) is 3. The highest BCUT2D eigenvalue weighted by Crippen LogP contribution is 2.35. The van der Waals surface area contributed by atoms with Crippen LogP contribution in [0, 0.1) is 0 Å². The summed E-state index contributed by atoms with van der Waals surface area (Å²) in [7, 11) is 1.30. The molecule has 0 aliphatic heterocycles.